The summed E-state index contributed by atoms with van der Waals surface area (Å²) in [6.07, 6.45) is -1.07. The number of Topliss-reactive ketones (excluding diaryl/α,β-unsaturated/α-hetero) is 1. The van der Waals surface area contributed by atoms with Crippen molar-refractivity contribution in [1.82, 2.24) is 5.32 Å². The zero-order chi connectivity index (χ0) is 21.4. The van der Waals surface area contributed by atoms with Crippen molar-refractivity contribution in [3.8, 4) is 0 Å². The summed E-state index contributed by atoms with van der Waals surface area (Å²) in [5, 5.41) is 7.64. The van der Waals surface area contributed by atoms with Gasteiger partial charge >= 0.3 is 12.0 Å². The summed E-state index contributed by atoms with van der Waals surface area (Å²) in [4.78, 5) is 47.5. The minimum Gasteiger partial charge on any atom is -0.451 e. The first-order valence-corrected chi connectivity index (χ1v) is 9.01. The summed E-state index contributed by atoms with van der Waals surface area (Å²) in [5.41, 5.74) is 1.57. The standard InChI is InChI=1S/C21H23N3O5/c1-13(22-21(28)24-17-7-5-4-6-8-17)20(27)29-15(3)19(26)23-18-11-9-16(10-12-18)14(2)25/h4-13,15H,1-3H3,(H,23,26)(H2,22,24,28)/t13-,15+/m0/s1. The Morgan fingerprint density at radius 3 is 2.00 bits per heavy atom. The number of nitrogens with one attached hydrogen (secondary N) is 3. The molecule has 0 aromatic heterocycles. The van der Waals surface area contributed by atoms with Gasteiger partial charge in [-0.1, -0.05) is 18.2 Å². The molecule has 0 unspecified atom stereocenters. The van der Waals surface area contributed by atoms with E-state index in [0.717, 1.165) is 0 Å². The van der Waals surface area contributed by atoms with Gasteiger partial charge in [0.25, 0.3) is 5.91 Å². The van der Waals surface area contributed by atoms with Gasteiger partial charge in [0.05, 0.1) is 0 Å². The van der Waals surface area contributed by atoms with Crippen molar-refractivity contribution in [3.05, 3.63) is 60.2 Å². The first-order chi connectivity index (χ1) is 13.8. The van der Waals surface area contributed by atoms with Crippen LogP contribution in [0.2, 0.25) is 0 Å². The average molecular weight is 397 g/mol. The van der Waals surface area contributed by atoms with Gasteiger partial charge in [-0.3, -0.25) is 9.59 Å². The summed E-state index contributed by atoms with van der Waals surface area (Å²) >= 11 is 0. The van der Waals surface area contributed by atoms with Crippen molar-refractivity contribution < 1.29 is 23.9 Å². The fourth-order valence-corrected chi connectivity index (χ4v) is 2.31. The molecule has 2 aromatic rings. The molecule has 2 rings (SSSR count). The summed E-state index contributed by atoms with van der Waals surface area (Å²) in [7, 11) is 0. The Bertz CT molecular complexity index is 881. The third-order valence-corrected chi connectivity index (χ3v) is 3.95. The molecule has 3 amide bonds. The molecule has 0 spiro atoms. The number of rotatable bonds is 7. The van der Waals surface area contributed by atoms with Gasteiger partial charge in [-0.2, -0.15) is 0 Å². The topological polar surface area (TPSA) is 114 Å². The number of ether oxygens (including phenoxy) is 1. The number of carbonyl (C=O) groups excluding carboxylic acids is 4. The smallest absolute Gasteiger partial charge is 0.329 e. The normalized spacial score (nSPS) is 12.2. The number of hydrogen-bond donors (Lipinski definition) is 3. The van der Waals surface area contributed by atoms with Crippen molar-refractivity contribution >= 4 is 35.1 Å². The second-order valence-corrected chi connectivity index (χ2v) is 6.39. The summed E-state index contributed by atoms with van der Waals surface area (Å²) in [6.45, 7) is 4.33. The molecule has 2 atom stereocenters. The van der Waals surface area contributed by atoms with Crippen LogP contribution in [0.15, 0.2) is 54.6 Å². The Hall–Kier alpha value is -3.68. The van der Waals surface area contributed by atoms with Crippen LogP contribution in [0.25, 0.3) is 0 Å². The van der Waals surface area contributed by atoms with Crippen LogP contribution in [0, 0.1) is 0 Å². The van der Waals surface area contributed by atoms with Crippen molar-refractivity contribution in [3.63, 3.8) is 0 Å². The third kappa shape index (κ3) is 6.76. The minimum atomic E-state index is -1.07. The van der Waals surface area contributed by atoms with Gasteiger partial charge in [-0.25, -0.2) is 9.59 Å². The average Bonchev–Trinajstić information content (AvgIpc) is 2.68. The number of ketones is 1. The fourth-order valence-electron chi connectivity index (χ4n) is 2.31. The van der Waals surface area contributed by atoms with E-state index in [1.807, 2.05) is 6.07 Å². The molecule has 8 heteroatoms. The molecule has 0 saturated heterocycles. The van der Waals surface area contributed by atoms with E-state index >= 15 is 0 Å². The molecule has 2 aromatic carbocycles. The zero-order valence-electron chi connectivity index (χ0n) is 16.4. The van der Waals surface area contributed by atoms with E-state index < -0.39 is 30.1 Å². The molecule has 3 N–H and O–H groups in total. The van der Waals surface area contributed by atoms with Gasteiger partial charge in [0.15, 0.2) is 11.9 Å². The number of anilines is 2. The number of para-hydroxylation sites is 1. The summed E-state index contributed by atoms with van der Waals surface area (Å²) in [5.74, 6) is -1.36. The van der Waals surface area contributed by atoms with Gasteiger partial charge in [-0.05, 0) is 57.2 Å². The van der Waals surface area contributed by atoms with Gasteiger partial charge in [0.2, 0.25) is 0 Å². The molecule has 0 aliphatic heterocycles. The largest absolute Gasteiger partial charge is 0.451 e. The molecule has 0 radical (unpaired) electrons. The molecule has 0 bridgehead atoms. The number of carbonyl (C=O) groups is 4. The first-order valence-electron chi connectivity index (χ1n) is 9.01. The molecular formula is C21H23N3O5. The maximum Gasteiger partial charge on any atom is 0.329 e. The number of hydrogen-bond acceptors (Lipinski definition) is 5. The number of amides is 3. The van der Waals surface area contributed by atoms with E-state index in [1.54, 1.807) is 48.5 Å². The predicted octanol–water partition coefficient (Wildman–Crippen LogP) is 2.97. The van der Waals surface area contributed by atoms with Gasteiger partial charge in [0.1, 0.15) is 6.04 Å². The van der Waals surface area contributed by atoms with Crippen LogP contribution in [0.4, 0.5) is 16.2 Å². The van der Waals surface area contributed by atoms with Crippen molar-refractivity contribution in [2.75, 3.05) is 10.6 Å². The van der Waals surface area contributed by atoms with Crippen LogP contribution in [-0.2, 0) is 14.3 Å². The lowest BCUT2D eigenvalue weighted by Gasteiger charge is -2.18. The molecule has 0 saturated carbocycles. The van der Waals surface area contributed by atoms with E-state index in [0.29, 0.717) is 16.9 Å². The molecular weight excluding hydrogens is 374 g/mol. The van der Waals surface area contributed by atoms with E-state index in [4.69, 9.17) is 4.74 Å². The van der Waals surface area contributed by atoms with E-state index in [-0.39, 0.29) is 5.78 Å². The maximum absolute atomic E-state index is 12.2. The van der Waals surface area contributed by atoms with E-state index in [1.165, 1.54) is 20.8 Å². The zero-order valence-corrected chi connectivity index (χ0v) is 16.4. The lowest BCUT2D eigenvalue weighted by atomic mass is 10.1. The summed E-state index contributed by atoms with van der Waals surface area (Å²) < 4.78 is 5.11. The van der Waals surface area contributed by atoms with Crippen LogP contribution >= 0.6 is 0 Å². The molecule has 0 aliphatic rings. The molecule has 0 fully saturated rings. The minimum absolute atomic E-state index is 0.0806. The van der Waals surface area contributed by atoms with E-state index in [9.17, 15) is 19.2 Å². The van der Waals surface area contributed by atoms with Crippen LogP contribution in [-0.4, -0.2) is 35.8 Å². The van der Waals surface area contributed by atoms with Crippen LogP contribution in [0.5, 0.6) is 0 Å². The number of esters is 1. The highest BCUT2D eigenvalue weighted by atomic mass is 16.5. The molecule has 152 valence electrons. The van der Waals surface area contributed by atoms with Crippen molar-refractivity contribution in [2.24, 2.45) is 0 Å². The Morgan fingerprint density at radius 2 is 1.41 bits per heavy atom. The van der Waals surface area contributed by atoms with Gasteiger partial charge in [-0.15, -0.1) is 0 Å². The third-order valence-electron chi connectivity index (χ3n) is 3.95. The molecule has 0 heterocycles. The van der Waals surface area contributed by atoms with Crippen LogP contribution in [0.1, 0.15) is 31.1 Å². The van der Waals surface area contributed by atoms with Crippen molar-refractivity contribution in [1.29, 1.82) is 0 Å². The first kappa shape index (κ1) is 21.6. The number of urea groups is 1. The van der Waals surface area contributed by atoms with Crippen LogP contribution < -0.4 is 16.0 Å². The monoisotopic (exact) mass is 397 g/mol. The highest BCUT2D eigenvalue weighted by Gasteiger charge is 2.23. The van der Waals surface area contributed by atoms with Crippen molar-refractivity contribution in [2.45, 2.75) is 32.9 Å². The Balaban J connectivity index is 1.82. The Kier molecular flexibility index (Phi) is 7.47. The predicted molar refractivity (Wildman–Crippen MR) is 109 cm³/mol. The van der Waals surface area contributed by atoms with Gasteiger partial charge in [0, 0.05) is 16.9 Å². The summed E-state index contributed by atoms with van der Waals surface area (Å²) in [6, 6.07) is 13.6. The maximum atomic E-state index is 12.2. The fraction of sp³-hybridized carbons (Fsp3) is 0.238. The second kappa shape index (κ2) is 10.0. The Morgan fingerprint density at radius 1 is 0.828 bits per heavy atom. The lowest BCUT2D eigenvalue weighted by Crippen LogP contribution is -2.44. The SMILES string of the molecule is CC(=O)c1ccc(NC(=O)[C@@H](C)OC(=O)[C@H](C)NC(=O)Nc2ccccc2)cc1. The lowest BCUT2D eigenvalue weighted by molar-refractivity contribution is -0.154. The van der Waals surface area contributed by atoms with Gasteiger partial charge < -0.3 is 20.7 Å². The highest BCUT2D eigenvalue weighted by Crippen LogP contribution is 2.11. The second-order valence-electron chi connectivity index (χ2n) is 6.39. The quantitative estimate of drug-likeness (QED) is 0.491. The van der Waals surface area contributed by atoms with E-state index in [2.05, 4.69) is 16.0 Å². The number of benzene rings is 2. The highest BCUT2D eigenvalue weighted by molar-refractivity contribution is 5.98. The van der Waals surface area contributed by atoms with Crippen LogP contribution in [0.3, 0.4) is 0 Å². The molecule has 29 heavy (non-hydrogen) atoms. The molecule has 0 aliphatic carbocycles. The Labute approximate surface area is 168 Å². The molecule has 8 nitrogen and oxygen atoms in total.